The van der Waals surface area contributed by atoms with Crippen LogP contribution in [-0.2, 0) is 6.18 Å². The third kappa shape index (κ3) is 3.80. The molecule has 0 radical (unpaired) electrons. The second kappa shape index (κ2) is 6.54. The fourth-order valence-corrected chi connectivity index (χ4v) is 2.32. The molecular weight excluding hydrogens is 303 g/mol. The first kappa shape index (κ1) is 15.9. The van der Waals surface area contributed by atoms with Crippen LogP contribution in [0.5, 0.6) is 0 Å². The van der Waals surface area contributed by atoms with Gasteiger partial charge in [0.15, 0.2) is 5.22 Å². The summed E-state index contributed by atoms with van der Waals surface area (Å²) in [5.74, 6) is 0. The minimum atomic E-state index is -4.37. The van der Waals surface area contributed by atoms with Gasteiger partial charge in [-0.05, 0) is 48.3 Å². The molecule has 0 aliphatic heterocycles. The lowest BCUT2D eigenvalue weighted by molar-refractivity contribution is -0.137. The third-order valence-corrected chi connectivity index (χ3v) is 3.41. The van der Waals surface area contributed by atoms with Gasteiger partial charge in [-0.25, -0.2) is 0 Å². The number of halogens is 4. The van der Waals surface area contributed by atoms with Gasteiger partial charge in [0.05, 0.1) is 17.9 Å². The number of alkyl halides is 3. The van der Waals surface area contributed by atoms with Crippen molar-refractivity contribution in [3.63, 3.8) is 0 Å². The standard InChI is InChI=1S/C15H15ClF3NO/c1-2-7-20-13(12-6-8-21-14(12)16)10-4-3-5-11(9-10)15(17,18)19/h3-6,8-9,13,20H,2,7H2,1H3. The Morgan fingerprint density at radius 2 is 2.05 bits per heavy atom. The van der Waals surface area contributed by atoms with Gasteiger partial charge in [-0.3, -0.25) is 0 Å². The van der Waals surface area contributed by atoms with E-state index < -0.39 is 17.8 Å². The van der Waals surface area contributed by atoms with Crippen LogP contribution in [0.1, 0.15) is 36.1 Å². The van der Waals surface area contributed by atoms with E-state index >= 15 is 0 Å². The van der Waals surface area contributed by atoms with E-state index in [1.165, 1.54) is 12.3 Å². The molecule has 2 rings (SSSR count). The Morgan fingerprint density at radius 1 is 1.29 bits per heavy atom. The molecular formula is C15H15ClF3NO. The molecule has 114 valence electrons. The molecule has 0 amide bonds. The molecule has 0 aliphatic rings. The molecule has 0 spiro atoms. The molecule has 2 nitrogen and oxygen atoms in total. The molecule has 0 fully saturated rings. The first-order valence-corrected chi connectivity index (χ1v) is 6.94. The summed E-state index contributed by atoms with van der Waals surface area (Å²) < 4.78 is 43.6. The van der Waals surface area contributed by atoms with Gasteiger partial charge in [0.1, 0.15) is 0 Å². The van der Waals surface area contributed by atoms with Crippen LogP contribution in [0.25, 0.3) is 0 Å². The fraction of sp³-hybridized carbons (Fsp3) is 0.333. The smallest absolute Gasteiger partial charge is 0.416 e. The highest BCUT2D eigenvalue weighted by Crippen LogP contribution is 2.34. The maximum atomic E-state index is 12.8. The minimum absolute atomic E-state index is 0.181. The van der Waals surface area contributed by atoms with Crippen molar-refractivity contribution in [2.45, 2.75) is 25.6 Å². The van der Waals surface area contributed by atoms with Crippen molar-refractivity contribution < 1.29 is 17.6 Å². The number of benzene rings is 1. The first-order valence-electron chi connectivity index (χ1n) is 6.57. The van der Waals surface area contributed by atoms with E-state index in [0.717, 1.165) is 18.6 Å². The maximum Gasteiger partial charge on any atom is 0.416 e. The highest BCUT2D eigenvalue weighted by atomic mass is 35.5. The van der Waals surface area contributed by atoms with Gasteiger partial charge in [0.2, 0.25) is 0 Å². The Labute approximate surface area is 125 Å². The van der Waals surface area contributed by atoms with E-state index in [-0.39, 0.29) is 5.22 Å². The summed E-state index contributed by atoms with van der Waals surface area (Å²) in [5, 5.41) is 3.38. The van der Waals surface area contributed by atoms with Gasteiger partial charge in [-0.2, -0.15) is 13.2 Å². The Kier molecular flexibility index (Phi) is 4.96. The summed E-state index contributed by atoms with van der Waals surface area (Å²) >= 11 is 5.96. The van der Waals surface area contributed by atoms with Crippen LogP contribution >= 0.6 is 11.6 Å². The van der Waals surface area contributed by atoms with Gasteiger partial charge >= 0.3 is 6.18 Å². The molecule has 1 aromatic heterocycles. The second-order valence-corrected chi connectivity index (χ2v) is 5.00. The molecule has 0 bridgehead atoms. The number of hydrogen-bond donors (Lipinski definition) is 1. The van der Waals surface area contributed by atoms with Crippen molar-refractivity contribution in [3.05, 3.63) is 58.5 Å². The first-order chi connectivity index (χ1) is 9.93. The maximum absolute atomic E-state index is 12.8. The van der Waals surface area contributed by atoms with Gasteiger partial charge in [-0.1, -0.05) is 19.1 Å². The van der Waals surface area contributed by atoms with Crippen LogP contribution in [0, 0.1) is 0 Å². The average molecular weight is 318 g/mol. The lowest BCUT2D eigenvalue weighted by Crippen LogP contribution is -2.23. The highest BCUT2D eigenvalue weighted by Gasteiger charge is 2.31. The van der Waals surface area contributed by atoms with Gasteiger partial charge in [-0.15, -0.1) is 0 Å². The Bertz CT molecular complexity index is 595. The summed E-state index contributed by atoms with van der Waals surface area (Å²) in [6.45, 7) is 2.63. The largest absolute Gasteiger partial charge is 0.453 e. The lowest BCUT2D eigenvalue weighted by atomic mass is 9.99. The molecule has 1 heterocycles. The third-order valence-electron chi connectivity index (χ3n) is 3.10. The van der Waals surface area contributed by atoms with Crippen LogP contribution in [-0.4, -0.2) is 6.54 Å². The van der Waals surface area contributed by atoms with Gasteiger partial charge < -0.3 is 9.73 Å². The molecule has 6 heteroatoms. The number of hydrogen-bond acceptors (Lipinski definition) is 2. The molecule has 1 atom stereocenters. The molecule has 2 aromatic rings. The molecule has 0 saturated carbocycles. The molecule has 1 N–H and O–H groups in total. The van der Waals surface area contributed by atoms with E-state index in [2.05, 4.69) is 5.32 Å². The van der Waals surface area contributed by atoms with Crippen molar-refractivity contribution in [2.75, 3.05) is 6.54 Å². The quantitative estimate of drug-likeness (QED) is 0.835. The molecule has 21 heavy (non-hydrogen) atoms. The zero-order valence-electron chi connectivity index (χ0n) is 11.4. The minimum Gasteiger partial charge on any atom is -0.453 e. The van der Waals surface area contributed by atoms with Crippen LogP contribution < -0.4 is 5.32 Å². The SMILES string of the molecule is CCCNC(c1cccc(C(F)(F)F)c1)c1ccoc1Cl. The Morgan fingerprint density at radius 3 is 2.62 bits per heavy atom. The number of nitrogens with one attached hydrogen (secondary N) is 1. The summed E-state index contributed by atoms with van der Waals surface area (Å²) in [5.41, 5.74) is 0.453. The van der Waals surface area contributed by atoms with E-state index in [1.807, 2.05) is 6.92 Å². The molecule has 1 unspecified atom stereocenters. The van der Waals surface area contributed by atoms with E-state index in [1.54, 1.807) is 12.1 Å². The van der Waals surface area contributed by atoms with E-state index in [4.69, 9.17) is 16.0 Å². The average Bonchev–Trinajstić information content (AvgIpc) is 2.85. The van der Waals surface area contributed by atoms with Gasteiger partial charge in [0.25, 0.3) is 0 Å². The molecule has 1 aromatic carbocycles. The summed E-state index contributed by atoms with van der Waals surface area (Å²) in [4.78, 5) is 0. The summed E-state index contributed by atoms with van der Waals surface area (Å²) in [6, 6.07) is 6.46. The normalized spacial score (nSPS) is 13.4. The lowest BCUT2D eigenvalue weighted by Gasteiger charge is -2.19. The van der Waals surface area contributed by atoms with Crippen LogP contribution in [0.15, 0.2) is 41.0 Å². The van der Waals surface area contributed by atoms with E-state index in [9.17, 15) is 13.2 Å². The Balaban J connectivity index is 2.40. The van der Waals surface area contributed by atoms with Crippen molar-refractivity contribution in [1.29, 1.82) is 0 Å². The monoisotopic (exact) mass is 317 g/mol. The van der Waals surface area contributed by atoms with Gasteiger partial charge in [0, 0.05) is 5.56 Å². The van der Waals surface area contributed by atoms with Crippen molar-refractivity contribution >= 4 is 11.6 Å². The van der Waals surface area contributed by atoms with Crippen LogP contribution in [0.3, 0.4) is 0 Å². The topological polar surface area (TPSA) is 25.2 Å². The second-order valence-electron chi connectivity index (χ2n) is 4.66. The fourth-order valence-electron chi connectivity index (χ4n) is 2.10. The predicted molar refractivity (Wildman–Crippen MR) is 75.3 cm³/mol. The zero-order valence-corrected chi connectivity index (χ0v) is 12.1. The number of furan rings is 1. The molecule has 0 saturated heterocycles. The van der Waals surface area contributed by atoms with Crippen molar-refractivity contribution in [2.24, 2.45) is 0 Å². The highest BCUT2D eigenvalue weighted by molar-refractivity contribution is 6.29. The molecule has 0 aliphatic carbocycles. The predicted octanol–water partition coefficient (Wildman–Crippen LogP) is 5.04. The van der Waals surface area contributed by atoms with Crippen molar-refractivity contribution in [3.8, 4) is 0 Å². The van der Waals surface area contributed by atoms with Crippen molar-refractivity contribution in [1.82, 2.24) is 5.32 Å². The van der Waals surface area contributed by atoms with Crippen LogP contribution in [0.2, 0.25) is 5.22 Å². The Hall–Kier alpha value is -1.46. The zero-order chi connectivity index (χ0) is 15.5. The van der Waals surface area contributed by atoms with Crippen LogP contribution in [0.4, 0.5) is 13.2 Å². The summed E-state index contributed by atoms with van der Waals surface area (Å²) in [7, 11) is 0. The number of rotatable bonds is 5. The van der Waals surface area contributed by atoms with E-state index in [0.29, 0.717) is 17.7 Å². The summed E-state index contributed by atoms with van der Waals surface area (Å²) in [6.07, 6.45) is -2.09.